The van der Waals surface area contributed by atoms with Crippen molar-refractivity contribution in [2.75, 3.05) is 17.6 Å². The van der Waals surface area contributed by atoms with Crippen LogP contribution in [0.4, 0.5) is 11.6 Å². The van der Waals surface area contributed by atoms with Crippen molar-refractivity contribution in [1.82, 2.24) is 15.3 Å². The van der Waals surface area contributed by atoms with Gasteiger partial charge in [0.2, 0.25) is 0 Å². The summed E-state index contributed by atoms with van der Waals surface area (Å²) >= 11 is 5.81. The van der Waals surface area contributed by atoms with Gasteiger partial charge in [-0.05, 0) is 6.92 Å². The Morgan fingerprint density at radius 2 is 2.05 bits per heavy atom. The number of rotatable bonds is 4. The van der Waals surface area contributed by atoms with Crippen LogP contribution in [-0.2, 0) is 4.79 Å². The average Bonchev–Trinajstić information content (AvgIpc) is 2.28. The zero-order valence-corrected chi connectivity index (χ0v) is 10.8. The molecule has 0 aliphatic heterocycles. The summed E-state index contributed by atoms with van der Waals surface area (Å²) in [6, 6.07) is 0. The molecular formula is C9H13ClN7O2+. The van der Waals surface area contributed by atoms with Crippen LogP contribution in [0.15, 0.2) is 0 Å². The number of Topliss-reactive ketones (excluding diaryl/α,β-unsaturated/α-hetero) is 1. The lowest BCUT2D eigenvalue weighted by Crippen LogP contribution is -2.56. The summed E-state index contributed by atoms with van der Waals surface area (Å²) in [5.74, 6) is -1.22. The summed E-state index contributed by atoms with van der Waals surface area (Å²) in [6.07, 6.45) is 0. The number of hydrogen-bond donors (Lipinski definition) is 5. The summed E-state index contributed by atoms with van der Waals surface area (Å²) in [7, 11) is 0. The highest BCUT2D eigenvalue weighted by atomic mass is 35.5. The normalized spacial score (nSPS) is 9.79. The number of nitrogens with one attached hydrogen (secondary N) is 2. The summed E-state index contributed by atoms with van der Waals surface area (Å²) in [6.45, 7) is 1.41. The maximum atomic E-state index is 11.6. The molecule has 0 aromatic carbocycles. The molecule has 0 radical (unpaired) electrons. The highest BCUT2D eigenvalue weighted by molar-refractivity contribution is 6.32. The van der Waals surface area contributed by atoms with Gasteiger partial charge in [-0.15, -0.1) is 0 Å². The molecule has 0 bridgehead atoms. The smallest absolute Gasteiger partial charge is 0.346 e. The van der Waals surface area contributed by atoms with Crippen molar-refractivity contribution in [1.29, 1.82) is 0 Å². The topological polar surface area (TPSA) is 162 Å². The number of carbonyl (C=O) groups is 2. The first kappa shape index (κ1) is 14.6. The van der Waals surface area contributed by atoms with Crippen LogP contribution in [0.1, 0.15) is 17.4 Å². The first-order valence-electron chi connectivity index (χ1n) is 5.06. The Bertz CT molecular complexity index is 546. The van der Waals surface area contributed by atoms with Crippen molar-refractivity contribution in [2.45, 2.75) is 6.92 Å². The number of ketones is 1. The van der Waals surface area contributed by atoms with E-state index in [1.54, 1.807) is 0 Å². The fourth-order valence-electron chi connectivity index (χ4n) is 1.11. The van der Waals surface area contributed by atoms with Crippen molar-refractivity contribution in [3.63, 3.8) is 0 Å². The van der Waals surface area contributed by atoms with Gasteiger partial charge in [0.25, 0.3) is 0 Å². The standard InChI is InChI=1S/C9H12ClN7O2/c1-3(18)2-14-7-5(10)15-4(6(11)16-7)8(19)17-9(12)13/h2H2,1H3,(H3,11,14,16)(H4,12,13,17,19)/p+1. The van der Waals surface area contributed by atoms with E-state index in [2.05, 4.69) is 20.6 Å². The zero-order valence-electron chi connectivity index (χ0n) is 10.0. The van der Waals surface area contributed by atoms with Crippen molar-refractivity contribution >= 4 is 40.9 Å². The molecule has 1 heterocycles. The van der Waals surface area contributed by atoms with Gasteiger partial charge in [-0.25, -0.2) is 20.1 Å². The lowest BCUT2D eigenvalue weighted by Gasteiger charge is -2.08. The molecule has 0 aliphatic carbocycles. The van der Waals surface area contributed by atoms with E-state index in [4.69, 9.17) is 28.5 Å². The fourth-order valence-corrected chi connectivity index (χ4v) is 1.30. The van der Waals surface area contributed by atoms with E-state index in [0.29, 0.717) is 0 Å². The molecule has 1 aromatic rings. The SMILES string of the molecule is CC(=O)CNc1nc(N)c(C(=O)NC(N)=[NH2+])nc1Cl. The second kappa shape index (κ2) is 5.96. The highest BCUT2D eigenvalue weighted by Gasteiger charge is 2.20. The van der Waals surface area contributed by atoms with Gasteiger partial charge in [-0.2, -0.15) is 0 Å². The molecule has 10 heteroatoms. The van der Waals surface area contributed by atoms with Crippen LogP contribution < -0.4 is 27.5 Å². The Balaban J connectivity index is 2.99. The number of nitrogens with zero attached hydrogens (tertiary/aromatic N) is 2. The largest absolute Gasteiger partial charge is 0.382 e. The first-order valence-corrected chi connectivity index (χ1v) is 5.44. The molecule has 0 unspecified atom stereocenters. The van der Waals surface area contributed by atoms with Crippen LogP contribution in [0, 0.1) is 0 Å². The Labute approximate surface area is 113 Å². The van der Waals surface area contributed by atoms with E-state index < -0.39 is 5.91 Å². The number of guanidine groups is 1. The van der Waals surface area contributed by atoms with Crippen molar-refractivity contribution in [2.24, 2.45) is 5.73 Å². The Hall–Kier alpha value is -2.42. The molecule has 0 saturated carbocycles. The van der Waals surface area contributed by atoms with Crippen LogP contribution in [-0.4, -0.2) is 34.2 Å². The molecule has 8 N–H and O–H groups in total. The van der Waals surface area contributed by atoms with Crippen LogP contribution in [0.3, 0.4) is 0 Å². The number of nitrogen functional groups attached to an aromatic ring is 1. The number of anilines is 2. The second-order valence-electron chi connectivity index (χ2n) is 3.56. The van der Waals surface area contributed by atoms with Crippen LogP contribution in [0.5, 0.6) is 0 Å². The van der Waals surface area contributed by atoms with E-state index in [1.165, 1.54) is 6.92 Å². The van der Waals surface area contributed by atoms with Gasteiger partial charge in [0.15, 0.2) is 22.5 Å². The van der Waals surface area contributed by atoms with Gasteiger partial charge in [0, 0.05) is 0 Å². The molecule has 19 heavy (non-hydrogen) atoms. The summed E-state index contributed by atoms with van der Waals surface area (Å²) in [4.78, 5) is 30.0. The molecule has 0 spiro atoms. The summed E-state index contributed by atoms with van der Waals surface area (Å²) < 4.78 is 0. The maximum absolute atomic E-state index is 11.6. The summed E-state index contributed by atoms with van der Waals surface area (Å²) in [5.41, 5.74) is 10.5. The Kier molecular flexibility index (Phi) is 4.59. The molecular weight excluding hydrogens is 274 g/mol. The molecule has 0 saturated heterocycles. The number of carbonyl (C=O) groups excluding carboxylic acids is 2. The van der Waals surface area contributed by atoms with E-state index >= 15 is 0 Å². The number of aromatic nitrogens is 2. The number of amides is 1. The molecule has 0 atom stereocenters. The van der Waals surface area contributed by atoms with Gasteiger partial charge < -0.3 is 11.1 Å². The number of halogens is 1. The van der Waals surface area contributed by atoms with E-state index in [0.717, 1.165) is 0 Å². The van der Waals surface area contributed by atoms with Crippen LogP contribution in [0.2, 0.25) is 5.15 Å². The molecule has 1 rings (SSSR count). The minimum Gasteiger partial charge on any atom is -0.382 e. The molecule has 0 aliphatic rings. The first-order chi connectivity index (χ1) is 8.81. The third-order valence-corrected chi connectivity index (χ3v) is 2.12. The van der Waals surface area contributed by atoms with Gasteiger partial charge in [0.05, 0.1) is 6.54 Å². The number of hydrogen-bond acceptors (Lipinski definition) is 6. The van der Waals surface area contributed by atoms with Crippen molar-refractivity contribution in [3.05, 3.63) is 10.8 Å². The average molecular weight is 287 g/mol. The van der Waals surface area contributed by atoms with E-state index in [1.807, 2.05) is 0 Å². The van der Waals surface area contributed by atoms with Gasteiger partial charge in [-0.1, -0.05) is 11.6 Å². The van der Waals surface area contributed by atoms with Gasteiger partial charge >= 0.3 is 11.9 Å². The minimum absolute atomic E-state index is 0.0168. The van der Waals surface area contributed by atoms with Gasteiger partial charge in [-0.3, -0.25) is 15.9 Å². The van der Waals surface area contributed by atoms with Crippen LogP contribution >= 0.6 is 11.6 Å². The highest BCUT2D eigenvalue weighted by Crippen LogP contribution is 2.20. The lowest BCUT2D eigenvalue weighted by molar-refractivity contribution is -0.119. The quantitative estimate of drug-likeness (QED) is 0.302. The molecule has 1 aromatic heterocycles. The fraction of sp³-hybridized carbons (Fsp3) is 0.222. The summed E-state index contributed by atoms with van der Waals surface area (Å²) in [5, 5.41) is 9.77. The van der Waals surface area contributed by atoms with E-state index in [9.17, 15) is 9.59 Å². The Morgan fingerprint density at radius 1 is 1.42 bits per heavy atom. The molecule has 102 valence electrons. The Morgan fingerprint density at radius 3 is 2.58 bits per heavy atom. The minimum atomic E-state index is -0.731. The third-order valence-electron chi connectivity index (χ3n) is 1.86. The monoisotopic (exact) mass is 286 g/mol. The molecule has 1 amide bonds. The van der Waals surface area contributed by atoms with Gasteiger partial charge in [0.1, 0.15) is 5.78 Å². The molecule has 0 fully saturated rings. The van der Waals surface area contributed by atoms with E-state index in [-0.39, 0.29) is 40.8 Å². The zero-order chi connectivity index (χ0) is 14.6. The van der Waals surface area contributed by atoms with Crippen molar-refractivity contribution < 1.29 is 15.0 Å². The predicted octanol–water partition coefficient (Wildman–Crippen LogP) is -2.48. The maximum Gasteiger partial charge on any atom is 0.346 e. The second-order valence-corrected chi connectivity index (χ2v) is 3.92. The predicted molar refractivity (Wildman–Crippen MR) is 69.2 cm³/mol. The molecule has 9 nitrogen and oxygen atoms in total. The van der Waals surface area contributed by atoms with Crippen molar-refractivity contribution in [3.8, 4) is 0 Å². The number of nitrogens with two attached hydrogens (primary N) is 3. The van der Waals surface area contributed by atoms with Crippen LogP contribution in [0.25, 0.3) is 0 Å². The lowest BCUT2D eigenvalue weighted by atomic mass is 10.3. The third kappa shape index (κ3) is 4.07.